The number of hydrogen-bond acceptors (Lipinski definition) is 3. The molecule has 0 saturated carbocycles. The van der Waals surface area contributed by atoms with E-state index in [-0.39, 0.29) is 10.8 Å². The molecule has 2 aromatic rings. The van der Waals surface area contributed by atoms with Crippen LogP contribution in [0.1, 0.15) is 45.0 Å². The smallest absolute Gasteiger partial charge is 0.136 e. The Balaban J connectivity index is 2.27. The van der Waals surface area contributed by atoms with E-state index in [0.29, 0.717) is 0 Å². The Hall–Kier alpha value is -1.04. The number of aromatic nitrogens is 2. The molecule has 0 radical (unpaired) electrons. The number of rotatable bonds is 3. The number of benzene rings is 1. The first-order valence-corrected chi connectivity index (χ1v) is 7.96. The quantitative estimate of drug-likeness (QED) is 0.885. The van der Waals surface area contributed by atoms with Crippen LogP contribution in [0.15, 0.2) is 18.2 Å². The number of aryl methyl sites for hydroxylation is 2. The van der Waals surface area contributed by atoms with Crippen molar-refractivity contribution in [1.29, 1.82) is 0 Å². The molecule has 0 saturated heterocycles. The largest absolute Gasteiger partial charge is 0.598 e. The molecule has 2 rings (SSSR count). The molecule has 0 fully saturated rings. The van der Waals surface area contributed by atoms with Gasteiger partial charge in [-0.15, -0.1) is 4.72 Å². The average Bonchev–Trinajstić information content (AvgIpc) is 2.63. The summed E-state index contributed by atoms with van der Waals surface area (Å²) in [5.41, 5.74) is 3.27. The minimum absolute atomic E-state index is 0.0367. The van der Waals surface area contributed by atoms with Crippen molar-refractivity contribution >= 4 is 22.3 Å². The zero-order chi connectivity index (χ0) is 15.1. The van der Waals surface area contributed by atoms with Crippen LogP contribution in [0.25, 0.3) is 10.9 Å². The van der Waals surface area contributed by atoms with Crippen LogP contribution in [0.5, 0.6) is 0 Å². The van der Waals surface area contributed by atoms with E-state index in [0.717, 1.165) is 16.8 Å². The van der Waals surface area contributed by atoms with Crippen molar-refractivity contribution in [1.82, 2.24) is 14.5 Å². The van der Waals surface area contributed by atoms with E-state index in [1.807, 2.05) is 46.3 Å². The van der Waals surface area contributed by atoms with Crippen LogP contribution in [0.4, 0.5) is 0 Å². The van der Waals surface area contributed by atoms with Gasteiger partial charge in [-0.1, -0.05) is 12.1 Å². The van der Waals surface area contributed by atoms with E-state index in [1.165, 1.54) is 5.39 Å². The molecule has 20 heavy (non-hydrogen) atoms. The van der Waals surface area contributed by atoms with Gasteiger partial charge in [0.05, 0.1) is 17.3 Å². The van der Waals surface area contributed by atoms with E-state index in [1.54, 1.807) is 0 Å². The SMILES string of the molecule is Cc1nn(C)c2cc([C@@H](C)N[S+]([O-])C(C)(C)C)ccc12. The Bertz CT molecular complexity index is 615. The Labute approximate surface area is 123 Å². The van der Waals surface area contributed by atoms with E-state index >= 15 is 0 Å². The molecule has 2 atom stereocenters. The lowest BCUT2D eigenvalue weighted by molar-refractivity contribution is 0.531. The molecule has 0 aliphatic carbocycles. The normalized spacial score (nSPS) is 15.6. The average molecular weight is 293 g/mol. The molecule has 0 spiro atoms. The lowest BCUT2D eigenvalue weighted by atomic mass is 10.1. The third-order valence-corrected chi connectivity index (χ3v) is 5.08. The molecular weight excluding hydrogens is 270 g/mol. The highest BCUT2D eigenvalue weighted by molar-refractivity contribution is 7.90. The maximum atomic E-state index is 12.2. The molecule has 5 heteroatoms. The molecule has 1 aromatic heterocycles. The summed E-state index contributed by atoms with van der Waals surface area (Å²) >= 11 is -1.07. The number of nitrogens with zero attached hydrogens (tertiary/aromatic N) is 2. The van der Waals surface area contributed by atoms with Gasteiger partial charge in [-0.05, 0) is 46.2 Å². The summed E-state index contributed by atoms with van der Waals surface area (Å²) in [7, 11) is 1.95. The zero-order valence-corrected chi connectivity index (χ0v) is 13.8. The van der Waals surface area contributed by atoms with Crippen LogP contribution in [0.3, 0.4) is 0 Å². The topological polar surface area (TPSA) is 52.9 Å². The van der Waals surface area contributed by atoms with Crippen molar-refractivity contribution in [2.45, 2.75) is 45.4 Å². The second kappa shape index (κ2) is 5.39. The third-order valence-electron chi connectivity index (χ3n) is 3.40. The zero-order valence-electron chi connectivity index (χ0n) is 13.0. The fourth-order valence-corrected chi connectivity index (χ4v) is 2.94. The molecular formula is C15H23N3OS. The lowest BCUT2D eigenvalue weighted by Gasteiger charge is -2.26. The van der Waals surface area contributed by atoms with Gasteiger partial charge in [0.15, 0.2) is 0 Å². The molecule has 0 bridgehead atoms. The van der Waals surface area contributed by atoms with Crippen molar-refractivity contribution in [3.05, 3.63) is 29.5 Å². The summed E-state index contributed by atoms with van der Waals surface area (Å²) in [4.78, 5) is 0. The van der Waals surface area contributed by atoms with Gasteiger partial charge in [0.25, 0.3) is 0 Å². The van der Waals surface area contributed by atoms with Crippen LogP contribution < -0.4 is 4.72 Å². The highest BCUT2D eigenvalue weighted by Gasteiger charge is 2.28. The first kappa shape index (κ1) is 15.4. The molecule has 1 aromatic carbocycles. The van der Waals surface area contributed by atoms with Crippen LogP contribution in [0.2, 0.25) is 0 Å². The van der Waals surface area contributed by atoms with Gasteiger partial charge in [0.1, 0.15) is 4.75 Å². The van der Waals surface area contributed by atoms with Crippen molar-refractivity contribution in [3.8, 4) is 0 Å². The molecule has 1 heterocycles. The Kier molecular flexibility index (Phi) is 4.14. The molecule has 1 unspecified atom stereocenters. The number of hydrogen-bond donors (Lipinski definition) is 1. The maximum Gasteiger partial charge on any atom is 0.136 e. The predicted octanol–water partition coefficient (Wildman–Crippen LogP) is 2.99. The Morgan fingerprint density at radius 1 is 1.35 bits per heavy atom. The van der Waals surface area contributed by atoms with E-state index in [9.17, 15) is 4.55 Å². The Morgan fingerprint density at radius 2 is 2.00 bits per heavy atom. The third kappa shape index (κ3) is 3.00. The van der Waals surface area contributed by atoms with Gasteiger partial charge in [-0.25, -0.2) is 0 Å². The summed E-state index contributed by atoms with van der Waals surface area (Å²) in [6, 6.07) is 6.32. The standard InChI is InChI=1S/C15H23N3OS/c1-10(17-20(19)15(3,4)5)12-7-8-13-11(2)16-18(6)14(13)9-12/h7-10,17H,1-6H3/t10-,20?/m1/s1. The van der Waals surface area contributed by atoms with Crippen molar-refractivity contribution < 1.29 is 4.55 Å². The Morgan fingerprint density at radius 3 is 2.60 bits per heavy atom. The first-order chi connectivity index (χ1) is 9.20. The maximum absolute atomic E-state index is 12.2. The van der Waals surface area contributed by atoms with Gasteiger partial charge in [0, 0.05) is 23.8 Å². The molecule has 1 N–H and O–H groups in total. The molecule has 4 nitrogen and oxygen atoms in total. The van der Waals surface area contributed by atoms with Crippen LogP contribution in [-0.2, 0) is 18.4 Å². The molecule has 0 amide bonds. The number of fused-ring (bicyclic) bond motifs is 1. The second-order valence-electron chi connectivity index (χ2n) is 6.21. The summed E-state index contributed by atoms with van der Waals surface area (Å²) < 4.78 is 17.0. The van der Waals surface area contributed by atoms with Gasteiger partial charge < -0.3 is 4.55 Å². The van der Waals surface area contributed by atoms with Gasteiger partial charge in [-0.2, -0.15) is 5.10 Å². The number of nitrogens with one attached hydrogen (secondary N) is 1. The van der Waals surface area contributed by atoms with Crippen molar-refractivity contribution in [3.63, 3.8) is 0 Å². The molecule has 0 aliphatic rings. The summed E-state index contributed by atoms with van der Waals surface area (Å²) in [5, 5.41) is 5.59. The van der Waals surface area contributed by atoms with E-state index in [4.69, 9.17) is 0 Å². The van der Waals surface area contributed by atoms with Crippen LogP contribution in [-0.4, -0.2) is 19.1 Å². The van der Waals surface area contributed by atoms with Crippen molar-refractivity contribution in [2.75, 3.05) is 0 Å². The highest BCUT2D eigenvalue weighted by atomic mass is 32.2. The summed E-state index contributed by atoms with van der Waals surface area (Å²) in [6.45, 7) is 9.95. The summed E-state index contributed by atoms with van der Waals surface area (Å²) in [6.07, 6.45) is 0. The van der Waals surface area contributed by atoms with Gasteiger partial charge in [-0.3, -0.25) is 4.68 Å². The van der Waals surface area contributed by atoms with E-state index < -0.39 is 11.4 Å². The second-order valence-corrected chi connectivity index (χ2v) is 8.20. The van der Waals surface area contributed by atoms with Gasteiger partial charge in [0.2, 0.25) is 0 Å². The van der Waals surface area contributed by atoms with E-state index in [2.05, 4.69) is 28.0 Å². The fourth-order valence-electron chi connectivity index (χ4n) is 2.13. The van der Waals surface area contributed by atoms with Gasteiger partial charge >= 0.3 is 0 Å². The fraction of sp³-hybridized carbons (Fsp3) is 0.533. The summed E-state index contributed by atoms with van der Waals surface area (Å²) in [5.74, 6) is 0. The monoisotopic (exact) mass is 293 g/mol. The van der Waals surface area contributed by atoms with Crippen molar-refractivity contribution in [2.24, 2.45) is 7.05 Å². The minimum Gasteiger partial charge on any atom is -0.598 e. The molecule has 110 valence electrons. The van der Waals surface area contributed by atoms with Crippen LogP contribution >= 0.6 is 0 Å². The first-order valence-electron chi connectivity index (χ1n) is 6.81. The van der Waals surface area contributed by atoms with Crippen LogP contribution in [0, 0.1) is 6.92 Å². The minimum atomic E-state index is -1.07. The molecule has 0 aliphatic heterocycles. The lowest BCUT2D eigenvalue weighted by Crippen LogP contribution is -2.40. The predicted molar refractivity (Wildman–Crippen MR) is 84.9 cm³/mol. The highest BCUT2D eigenvalue weighted by Crippen LogP contribution is 2.24.